The summed E-state index contributed by atoms with van der Waals surface area (Å²) >= 11 is 0. The van der Waals surface area contributed by atoms with E-state index in [4.69, 9.17) is 4.74 Å². The Morgan fingerprint density at radius 3 is 2.78 bits per heavy atom. The van der Waals surface area contributed by atoms with Gasteiger partial charge in [-0.3, -0.25) is 14.9 Å². The number of hydrogen-bond acceptors (Lipinski definition) is 6. The number of guanidine groups is 1. The third kappa shape index (κ3) is 5.26. The predicted octanol–water partition coefficient (Wildman–Crippen LogP) is 2.58. The van der Waals surface area contributed by atoms with Crippen LogP contribution in [0.4, 0.5) is 11.4 Å². The van der Waals surface area contributed by atoms with Gasteiger partial charge in [0.15, 0.2) is 0 Å². The normalized spacial score (nSPS) is 14.3. The first kappa shape index (κ1) is 21.8. The van der Waals surface area contributed by atoms with E-state index in [0.717, 1.165) is 42.0 Å². The van der Waals surface area contributed by atoms with E-state index in [2.05, 4.69) is 10.3 Å². The molecule has 0 bridgehead atoms. The summed E-state index contributed by atoms with van der Waals surface area (Å²) < 4.78 is 5.89. The molecule has 4 rings (SSSR count). The van der Waals surface area contributed by atoms with Crippen LogP contribution in [0, 0.1) is 0 Å². The van der Waals surface area contributed by atoms with Crippen LogP contribution in [0.1, 0.15) is 31.2 Å². The molecule has 2 N–H and O–H groups in total. The standard InChI is InChI=1S/C24H28N4O4/c29-13-12-28(19-7-3-1-4-8-19)23(31)9-5-2-6-14-32-20-10-11-21-18(15-20)16-27-17-22(30)26-24(27)25-21/h1,3-4,7-8,10-11,15,29H,2,5-6,9,12-14,16-17H2,(H,25,26,30). The summed E-state index contributed by atoms with van der Waals surface area (Å²) in [7, 11) is 0. The Labute approximate surface area is 187 Å². The van der Waals surface area contributed by atoms with Crippen molar-refractivity contribution in [2.75, 3.05) is 31.2 Å². The first-order valence-electron chi connectivity index (χ1n) is 11.0. The van der Waals surface area contributed by atoms with Crippen molar-refractivity contribution in [3.05, 3.63) is 54.1 Å². The number of nitrogens with one attached hydrogen (secondary N) is 1. The van der Waals surface area contributed by atoms with Gasteiger partial charge in [-0.2, -0.15) is 0 Å². The number of rotatable bonds is 10. The molecule has 2 aliphatic heterocycles. The van der Waals surface area contributed by atoms with E-state index in [0.29, 0.717) is 38.6 Å². The van der Waals surface area contributed by atoms with Gasteiger partial charge in [0.1, 0.15) is 12.3 Å². The molecule has 1 saturated heterocycles. The number of anilines is 1. The first-order chi connectivity index (χ1) is 15.6. The monoisotopic (exact) mass is 436 g/mol. The molecule has 0 aromatic heterocycles. The smallest absolute Gasteiger partial charge is 0.246 e. The van der Waals surface area contributed by atoms with Gasteiger partial charge in [-0.05, 0) is 49.6 Å². The number of hydrogen-bond donors (Lipinski definition) is 2. The second-order valence-electron chi connectivity index (χ2n) is 7.89. The molecular weight excluding hydrogens is 408 g/mol. The molecule has 0 radical (unpaired) electrons. The SMILES string of the molecule is O=C1CN2Cc3cc(OCCCCCC(=O)N(CCO)c4ccccc4)ccc3N=C2N1. The van der Waals surface area contributed by atoms with Crippen molar-refractivity contribution >= 4 is 29.1 Å². The number of carbonyl (C=O) groups excluding carboxylic acids is 2. The molecule has 2 aliphatic rings. The Bertz CT molecular complexity index is 993. The summed E-state index contributed by atoms with van der Waals surface area (Å²) in [5.74, 6) is 1.40. The van der Waals surface area contributed by atoms with Crippen molar-refractivity contribution in [2.45, 2.75) is 32.2 Å². The molecule has 0 spiro atoms. The van der Waals surface area contributed by atoms with Crippen molar-refractivity contribution in [2.24, 2.45) is 4.99 Å². The summed E-state index contributed by atoms with van der Waals surface area (Å²) in [6.45, 7) is 1.79. The van der Waals surface area contributed by atoms with Crippen molar-refractivity contribution in [3.8, 4) is 5.75 Å². The lowest BCUT2D eigenvalue weighted by Gasteiger charge is -2.23. The number of ether oxygens (including phenoxy) is 1. The summed E-state index contributed by atoms with van der Waals surface area (Å²) in [5, 5.41) is 12.1. The van der Waals surface area contributed by atoms with Gasteiger partial charge in [0.05, 0.1) is 18.9 Å². The highest BCUT2D eigenvalue weighted by atomic mass is 16.5. The van der Waals surface area contributed by atoms with E-state index in [9.17, 15) is 14.7 Å². The van der Waals surface area contributed by atoms with Crippen molar-refractivity contribution in [1.82, 2.24) is 10.2 Å². The highest BCUT2D eigenvalue weighted by Crippen LogP contribution is 2.30. The maximum atomic E-state index is 12.6. The van der Waals surface area contributed by atoms with Crippen LogP contribution in [0.25, 0.3) is 0 Å². The molecule has 8 heteroatoms. The van der Waals surface area contributed by atoms with E-state index in [-0.39, 0.29) is 18.4 Å². The van der Waals surface area contributed by atoms with Gasteiger partial charge in [0.25, 0.3) is 0 Å². The first-order valence-corrected chi connectivity index (χ1v) is 11.0. The van der Waals surface area contributed by atoms with E-state index in [1.807, 2.05) is 53.4 Å². The Balaban J connectivity index is 1.19. The zero-order valence-electron chi connectivity index (χ0n) is 18.0. The number of aliphatic imine (C=N–C) groups is 1. The van der Waals surface area contributed by atoms with Gasteiger partial charge < -0.3 is 19.6 Å². The van der Waals surface area contributed by atoms with Crippen LogP contribution in [0.15, 0.2) is 53.5 Å². The number of carbonyl (C=O) groups is 2. The lowest BCUT2D eigenvalue weighted by molar-refractivity contribution is -0.119. The second kappa shape index (κ2) is 10.3. The maximum Gasteiger partial charge on any atom is 0.246 e. The number of aliphatic hydroxyl groups is 1. The van der Waals surface area contributed by atoms with E-state index >= 15 is 0 Å². The Hall–Kier alpha value is -3.39. The van der Waals surface area contributed by atoms with E-state index in [1.54, 1.807) is 4.90 Å². The van der Waals surface area contributed by atoms with Crippen LogP contribution >= 0.6 is 0 Å². The zero-order chi connectivity index (χ0) is 22.3. The predicted molar refractivity (Wildman–Crippen MR) is 122 cm³/mol. The number of aliphatic hydroxyl groups excluding tert-OH is 1. The Morgan fingerprint density at radius 2 is 1.97 bits per heavy atom. The van der Waals surface area contributed by atoms with Crippen molar-refractivity contribution < 1.29 is 19.4 Å². The van der Waals surface area contributed by atoms with Crippen molar-refractivity contribution in [3.63, 3.8) is 0 Å². The summed E-state index contributed by atoms with van der Waals surface area (Å²) in [6.07, 6.45) is 2.95. The summed E-state index contributed by atoms with van der Waals surface area (Å²) in [6, 6.07) is 15.2. The third-order valence-corrected chi connectivity index (χ3v) is 5.52. The van der Waals surface area contributed by atoms with Gasteiger partial charge in [0, 0.05) is 30.8 Å². The van der Waals surface area contributed by atoms with Crippen LogP contribution in [0.2, 0.25) is 0 Å². The van der Waals surface area contributed by atoms with Crippen LogP contribution in [0.3, 0.4) is 0 Å². The van der Waals surface area contributed by atoms with Gasteiger partial charge in [0.2, 0.25) is 17.8 Å². The van der Waals surface area contributed by atoms with Gasteiger partial charge in [-0.25, -0.2) is 4.99 Å². The lowest BCUT2D eigenvalue weighted by Crippen LogP contribution is -2.33. The quantitative estimate of drug-likeness (QED) is 0.559. The van der Waals surface area contributed by atoms with Crippen LogP contribution < -0.4 is 15.0 Å². The minimum atomic E-state index is -0.0630. The average Bonchev–Trinajstić information content (AvgIpc) is 3.17. The molecule has 1 fully saturated rings. The highest BCUT2D eigenvalue weighted by Gasteiger charge is 2.29. The molecule has 2 aromatic rings. The minimum Gasteiger partial charge on any atom is -0.494 e. The molecule has 2 amide bonds. The minimum absolute atomic E-state index is 0.0238. The number of para-hydroxylation sites is 1. The number of unbranched alkanes of at least 4 members (excludes halogenated alkanes) is 2. The fourth-order valence-electron chi connectivity index (χ4n) is 3.91. The lowest BCUT2D eigenvalue weighted by atomic mass is 10.1. The van der Waals surface area contributed by atoms with Gasteiger partial charge in [-0.15, -0.1) is 0 Å². The fourth-order valence-corrected chi connectivity index (χ4v) is 3.91. The summed E-state index contributed by atoms with van der Waals surface area (Å²) in [4.78, 5) is 32.2. The molecule has 2 heterocycles. The number of fused-ring (bicyclic) bond motifs is 2. The highest BCUT2D eigenvalue weighted by molar-refractivity contribution is 6.05. The second-order valence-corrected chi connectivity index (χ2v) is 7.89. The van der Waals surface area contributed by atoms with E-state index < -0.39 is 0 Å². The van der Waals surface area contributed by atoms with Gasteiger partial charge >= 0.3 is 0 Å². The maximum absolute atomic E-state index is 12.6. The fraction of sp³-hybridized carbons (Fsp3) is 0.375. The molecule has 0 atom stereocenters. The van der Waals surface area contributed by atoms with E-state index in [1.165, 1.54) is 0 Å². The van der Waals surface area contributed by atoms with Crippen LogP contribution in [-0.4, -0.2) is 54.1 Å². The Morgan fingerprint density at radius 1 is 1.12 bits per heavy atom. The molecule has 0 unspecified atom stereocenters. The summed E-state index contributed by atoms with van der Waals surface area (Å²) in [5.41, 5.74) is 2.71. The average molecular weight is 437 g/mol. The number of nitrogens with zero attached hydrogens (tertiary/aromatic N) is 3. The molecular formula is C24H28N4O4. The third-order valence-electron chi connectivity index (χ3n) is 5.52. The van der Waals surface area contributed by atoms with Crippen LogP contribution in [0.5, 0.6) is 5.75 Å². The number of benzene rings is 2. The zero-order valence-corrected chi connectivity index (χ0v) is 18.0. The molecule has 32 heavy (non-hydrogen) atoms. The molecule has 8 nitrogen and oxygen atoms in total. The largest absolute Gasteiger partial charge is 0.494 e. The molecule has 2 aromatic carbocycles. The Kier molecular flexibility index (Phi) is 7.01. The molecule has 0 aliphatic carbocycles. The van der Waals surface area contributed by atoms with Crippen molar-refractivity contribution in [1.29, 1.82) is 0 Å². The topological polar surface area (TPSA) is 94.5 Å². The van der Waals surface area contributed by atoms with Gasteiger partial charge in [-0.1, -0.05) is 18.2 Å². The molecule has 0 saturated carbocycles. The van der Waals surface area contributed by atoms with Crippen LogP contribution in [-0.2, 0) is 16.1 Å². The number of amides is 2. The molecule has 168 valence electrons.